The number of rotatable bonds is 0. The fraction of sp³-hybridized carbons (Fsp3) is 0.273. The largest absolute Gasteiger partial charge is 0.417 e. The van der Waals surface area contributed by atoms with Crippen molar-refractivity contribution < 1.29 is 36.1 Å². The van der Waals surface area contributed by atoms with Crippen molar-refractivity contribution >= 4 is 17.3 Å². The summed E-state index contributed by atoms with van der Waals surface area (Å²) in [4.78, 5) is 24.2. The number of hydrogen-bond acceptors (Lipinski definition) is 4. The van der Waals surface area contributed by atoms with Crippen LogP contribution in [-0.4, -0.2) is 16.5 Å². The van der Waals surface area contributed by atoms with Crippen LogP contribution in [-0.2, 0) is 12.4 Å². The van der Waals surface area contributed by atoms with Crippen molar-refractivity contribution in [1.29, 1.82) is 0 Å². The van der Waals surface area contributed by atoms with Crippen LogP contribution in [0, 0.1) is 10.1 Å². The number of carbonyl (C=O) groups is 1. The molecule has 0 saturated heterocycles. The summed E-state index contributed by atoms with van der Waals surface area (Å²) in [5.41, 5.74) is -5.61. The molecule has 0 radical (unpaired) electrons. The highest BCUT2D eigenvalue weighted by Gasteiger charge is 2.44. The Labute approximate surface area is 117 Å². The van der Waals surface area contributed by atoms with Crippen LogP contribution >= 0.6 is 0 Å². The number of alkyl halides is 6. The van der Waals surface area contributed by atoms with Crippen LogP contribution in [0.2, 0.25) is 0 Å². The fourth-order valence-electron chi connectivity index (χ4n) is 1.91. The van der Waals surface area contributed by atoms with Crippen LogP contribution in [0.5, 0.6) is 0 Å². The molecule has 0 atom stereocenters. The molecule has 0 saturated carbocycles. The summed E-state index contributed by atoms with van der Waals surface area (Å²) in [6, 6.07) is -0.0193. The lowest BCUT2D eigenvalue weighted by Gasteiger charge is -2.17. The highest BCUT2D eigenvalue weighted by atomic mass is 19.4. The summed E-state index contributed by atoms with van der Waals surface area (Å²) in [7, 11) is 0. The van der Waals surface area contributed by atoms with Gasteiger partial charge in [0.15, 0.2) is 11.5 Å². The summed E-state index contributed by atoms with van der Waals surface area (Å²) in [6.45, 7) is 0. The van der Waals surface area contributed by atoms with E-state index in [9.17, 15) is 41.3 Å². The third-order valence-corrected chi connectivity index (χ3v) is 2.81. The first-order chi connectivity index (χ1) is 9.91. The summed E-state index contributed by atoms with van der Waals surface area (Å²) in [5, 5.41) is 10.6. The van der Waals surface area contributed by atoms with Crippen LogP contribution < -0.4 is 0 Å². The van der Waals surface area contributed by atoms with Gasteiger partial charge < -0.3 is 10.1 Å². The first-order valence-corrected chi connectivity index (χ1v) is 5.49. The second kappa shape index (κ2) is 4.78. The standard InChI is InChI=1S/C11H4F6N2O3/c12-10(13,14)4-1-5(11(15,16)17)9-6(2-4)18-8(19(21)22)3-7(9)20/h1-2H,3H2. The maximum Gasteiger partial charge on any atom is 0.417 e. The van der Waals surface area contributed by atoms with Gasteiger partial charge in [0, 0.05) is 6.07 Å². The molecular formula is C11H4F6N2O3. The Hall–Kier alpha value is -2.46. The molecule has 1 heterocycles. The van der Waals surface area contributed by atoms with Crippen molar-refractivity contribution in [2.75, 3.05) is 0 Å². The number of hydrogen-bond donors (Lipinski definition) is 0. The second-order valence-electron chi connectivity index (χ2n) is 4.30. The Morgan fingerprint density at radius 1 is 1.09 bits per heavy atom. The molecule has 5 nitrogen and oxygen atoms in total. The summed E-state index contributed by atoms with van der Waals surface area (Å²) in [5.74, 6) is -2.32. The normalized spacial score (nSPS) is 15.4. The summed E-state index contributed by atoms with van der Waals surface area (Å²) in [6.07, 6.45) is -11.4. The van der Waals surface area contributed by atoms with Gasteiger partial charge in [-0.3, -0.25) is 4.79 Å². The second-order valence-corrected chi connectivity index (χ2v) is 4.30. The molecule has 11 heteroatoms. The number of carbonyl (C=O) groups excluding carboxylic acids is 1. The number of benzene rings is 1. The molecule has 2 rings (SSSR count). The lowest BCUT2D eigenvalue weighted by atomic mass is 9.94. The zero-order valence-electron chi connectivity index (χ0n) is 10.2. The van der Waals surface area contributed by atoms with Crippen molar-refractivity contribution in [3.05, 3.63) is 38.9 Å². The summed E-state index contributed by atoms with van der Waals surface area (Å²) >= 11 is 0. The molecule has 22 heavy (non-hydrogen) atoms. The quantitative estimate of drug-likeness (QED) is 0.415. The Kier molecular flexibility index (Phi) is 3.46. The maximum atomic E-state index is 12.9. The van der Waals surface area contributed by atoms with Crippen LogP contribution in [0.3, 0.4) is 0 Å². The van der Waals surface area contributed by atoms with Crippen molar-refractivity contribution in [3.8, 4) is 0 Å². The monoisotopic (exact) mass is 326 g/mol. The first kappa shape index (κ1) is 15.9. The molecule has 0 unspecified atom stereocenters. The Morgan fingerprint density at radius 2 is 1.68 bits per heavy atom. The lowest BCUT2D eigenvalue weighted by Crippen LogP contribution is -2.24. The van der Waals surface area contributed by atoms with Gasteiger partial charge in [0.25, 0.3) is 0 Å². The fourth-order valence-corrected chi connectivity index (χ4v) is 1.91. The molecule has 0 amide bonds. The van der Waals surface area contributed by atoms with Gasteiger partial charge in [0.2, 0.25) is 0 Å². The Bertz CT molecular complexity index is 705. The third-order valence-electron chi connectivity index (χ3n) is 2.81. The number of ketones is 1. The van der Waals surface area contributed by atoms with Gasteiger partial charge in [-0.25, -0.2) is 0 Å². The number of halogens is 6. The maximum absolute atomic E-state index is 12.9. The minimum atomic E-state index is -5.23. The predicted molar refractivity (Wildman–Crippen MR) is 59.5 cm³/mol. The zero-order chi connectivity index (χ0) is 16.9. The van der Waals surface area contributed by atoms with E-state index in [-0.39, 0.29) is 12.1 Å². The number of Topliss-reactive ketones (excluding diaryl/α,β-unsaturated/α-hetero) is 1. The third kappa shape index (κ3) is 2.78. The van der Waals surface area contributed by atoms with Crippen LogP contribution in [0.25, 0.3) is 0 Å². The predicted octanol–water partition coefficient (Wildman–Crippen LogP) is 3.62. The van der Waals surface area contributed by atoms with Gasteiger partial charge in [0.1, 0.15) is 6.42 Å². The molecule has 1 aromatic carbocycles. The van der Waals surface area contributed by atoms with E-state index in [2.05, 4.69) is 4.99 Å². The van der Waals surface area contributed by atoms with Crippen LogP contribution in [0.15, 0.2) is 17.1 Å². The molecule has 0 aromatic heterocycles. The topological polar surface area (TPSA) is 72.6 Å². The molecule has 118 valence electrons. The van der Waals surface area contributed by atoms with E-state index in [1.54, 1.807) is 0 Å². The molecule has 0 fully saturated rings. The minimum Gasteiger partial charge on any atom is -0.358 e. The van der Waals surface area contributed by atoms with E-state index in [0.29, 0.717) is 0 Å². The van der Waals surface area contributed by atoms with Crippen LogP contribution in [0.1, 0.15) is 27.9 Å². The van der Waals surface area contributed by atoms with Crippen molar-refractivity contribution in [1.82, 2.24) is 0 Å². The van der Waals surface area contributed by atoms with Crippen LogP contribution in [0.4, 0.5) is 32.0 Å². The minimum absolute atomic E-state index is 0.186. The van der Waals surface area contributed by atoms with Crippen molar-refractivity contribution in [2.24, 2.45) is 4.99 Å². The SMILES string of the molecule is O=C1CC([N+](=O)[O-])=Nc2cc(C(F)(F)F)cc(C(F)(F)F)c21. The Balaban J connectivity index is 2.81. The van der Waals surface area contributed by atoms with Gasteiger partial charge >= 0.3 is 18.2 Å². The van der Waals surface area contributed by atoms with E-state index < -0.39 is 57.7 Å². The number of nitrogens with zero attached hydrogens (tertiary/aromatic N) is 2. The van der Waals surface area contributed by atoms with E-state index in [1.807, 2.05) is 0 Å². The molecule has 0 N–H and O–H groups in total. The number of aliphatic imine (C=N–C) groups is 1. The van der Waals surface area contributed by atoms with Gasteiger partial charge in [-0.1, -0.05) is 0 Å². The molecule has 1 aliphatic heterocycles. The molecule has 1 aromatic rings. The smallest absolute Gasteiger partial charge is 0.358 e. The molecule has 0 bridgehead atoms. The van der Waals surface area contributed by atoms with E-state index >= 15 is 0 Å². The zero-order valence-corrected chi connectivity index (χ0v) is 10.2. The van der Waals surface area contributed by atoms with Crippen molar-refractivity contribution in [2.45, 2.75) is 18.8 Å². The van der Waals surface area contributed by atoms with Gasteiger partial charge in [0.05, 0.1) is 16.7 Å². The van der Waals surface area contributed by atoms with Gasteiger partial charge in [-0.15, -0.1) is 0 Å². The number of amidine groups is 1. The molecule has 0 spiro atoms. The van der Waals surface area contributed by atoms with E-state index in [0.717, 1.165) is 0 Å². The molecular weight excluding hydrogens is 322 g/mol. The van der Waals surface area contributed by atoms with Gasteiger partial charge in [-0.05, 0) is 16.0 Å². The van der Waals surface area contributed by atoms with Gasteiger partial charge in [-0.2, -0.15) is 26.3 Å². The van der Waals surface area contributed by atoms with E-state index in [4.69, 9.17) is 0 Å². The van der Waals surface area contributed by atoms with Crippen molar-refractivity contribution in [3.63, 3.8) is 0 Å². The average molecular weight is 326 g/mol. The first-order valence-electron chi connectivity index (χ1n) is 5.49. The summed E-state index contributed by atoms with van der Waals surface area (Å²) < 4.78 is 76.5. The average Bonchev–Trinajstić information content (AvgIpc) is 2.34. The lowest BCUT2D eigenvalue weighted by molar-refractivity contribution is -0.352. The number of nitro groups is 1. The molecule has 1 aliphatic rings. The highest BCUT2D eigenvalue weighted by molar-refractivity contribution is 6.14. The number of fused-ring (bicyclic) bond motifs is 1. The Morgan fingerprint density at radius 3 is 2.14 bits per heavy atom. The molecule has 0 aliphatic carbocycles. The van der Waals surface area contributed by atoms with E-state index in [1.165, 1.54) is 0 Å². The highest BCUT2D eigenvalue weighted by Crippen LogP contribution is 2.43.